The van der Waals surface area contributed by atoms with E-state index in [-0.39, 0.29) is 18.0 Å². The molecular weight excluding hydrogens is 313 g/mol. The van der Waals surface area contributed by atoms with Gasteiger partial charge in [-0.25, -0.2) is 9.18 Å². The summed E-state index contributed by atoms with van der Waals surface area (Å²) in [5, 5.41) is 3.15. The van der Waals surface area contributed by atoms with Crippen molar-refractivity contribution in [2.24, 2.45) is 5.73 Å². The van der Waals surface area contributed by atoms with Crippen molar-refractivity contribution in [2.45, 2.75) is 44.9 Å². The molecule has 1 aromatic rings. The van der Waals surface area contributed by atoms with E-state index in [1.165, 1.54) is 24.3 Å². The van der Waals surface area contributed by atoms with Crippen LogP contribution >= 0.6 is 0 Å². The molecule has 1 heterocycles. The number of amides is 2. The van der Waals surface area contributed by atoms with Gasteiger partial charge in [0.15, 0.2) is 0 Å². The number of benzene rings is 1. The number of nitrogens with zero attached hydrogens (tertiary/aromatic N) is 1. The maximum atomic E-state index is 13.0. The molecule has 1 aliphatic rings. The van der Waals surface area contributed by atoms with Gasteiger partial charge in [-0.15, -0.1) is 0 Å². The Kier molecular flexibility index (Phi) is 5.43. The predicted octanol–water partition coefficient (Wildman–Crippen LogP) is 1.95. The van der Waals surface area contributed by atoms with Crippen molar-refractivity contribution in [2.75, 3.05) is 13.1 Å². The van der Waals surface area contributed by atoms with Crippen molar-refractivity contribution in [3.63, 3.8) is 0 Å². The second-order valence-corrected chi connectivity index (χ2v) is 6.97. The lowest BCUT2D eigenvalue weighted by molar-refractivity contribution is -0.120. The Morgan fingerprint density at radius 2 is 1.96 bits per heavy atom. The van der Waals surface area contributed by atoms with E-state index in [1.54, 1.807) is 4.90 Å². The monoisotopic (exact) mass is 337 g/mol. The van der Waals surface area contributed by atoms with Crippen LogP contribution in [-0.4, -0.2) is 41.6 Å². The number of hydrogen-bond donors (Lipinski definition) is 2. The molecule has 6 nitrogen and oxygen atoms in total. The van der Waals surface area contributed by atoms with Crippen molar-refractivity contribution in [1.29, 1.82) is 0 Å². The van der Waals surface area contributed by atoms with Crippen LogP contribution < -0.4 is 11.1 Å². The number of primary amides is 1. The number of likely N-dealkylation sites (tertiary alicyclic amines) is 1. The first kappa shape index (κ1) is 18.2. The molecule has 1 aromatic carbocycles. The Balaban J connectivity index is 1.98. The standard InChI is InChI=1S/C17H24FN3O3/c1-17(2,3)24-16(23)21-9-8-13(10-21)20-14(15(19)22)11-4-6-12(18)7-5-11/h4-7,13-14,20H,8-10H2,1-3H3,(H2,19,22)/t13-,14+/m1/s1. The molecule has 24 heavy (non-hydrogen) atoms. The van der Waals surface area contributed by atoms with Gasteiger partial charge in [0.25, 0.3) is 0 Å². The second-order valence-electron chi connectivity index (χ2n) is 6.97. The van der Waals surface area contributed by atoms with Gasteiger partial charge >= 0.3 is 6.09 Å². The largest absolute Gasteiger partial charge is 0.444 e. The molecule has 0 radical (unpaired) electrons. The quantitative estimate of drug-likeness (QED) is 0.879. The first-order valence-corrected chi connectivity index (χ1v) is 7.94. The first-order chi connectivity index (χ1) is 11.2. The number of nitrogens with two attached hydrogens (primary N) is 1. The van der Waals surface area contributed by atoms with Gasteiger partial charge in [0.05, 0.1) is 0 Å². The van der Waals surface area contributed by atoms with Crippen molar-refractivity contribution in [3.8, 4) is 0 Å². The fraction of sp³-hybridized carbons (Fsp3) is 0.529. The minimum absolute atomic E-state index is 0.0833. The predicted molar refractivity (Wildman–Crippen MR) is 87.7 cm³/mol. The van der Waals surface area contributed by atoms with E-state index in [0.717, 1.165) is 0 Å². The van der Waals surface area contributed by atoms with Gasteiger partial charge < -0.3 is 15.4 Å². The topological polar surface area (TPSA) is 84.7 Å². The lowest BCUT2D eigenvalue weighted by Crippen LogP contribution is -2.42. The zero-order valence-corrected chi connectivity index (χ0v) is 14.2. The normalized spacial score (nSPS) is 19.2. The number of nitrogens with one attached hydrogen (secondary N) is 1. The number of ether oxygens (including phenoxy) is 1. The molecule has 2 amide bonds. The summed E-state index contributed by atoms with van der Waals surface area (Å²) in [6, 6.07) is 4.81. The first-order valence-electron chi connectivity index (χ1n) is 7.94. The molecule has 0 saturated carbocycles. The summed E-state index contributed by atoms with van der Waals surface area (Å²) >= 11 is 0. The summed E-state index contributed by atoms with van der Waals surface area (Å²) in [6.07, 6.45) is 0.314. The van der Waals surface area contributed by atoms with Gasteiger partial charge in [0.2, 0.25) is 5.91 Å². The maximum absolute atomic E-state index is 13.0. The van der Waals surface area contributed by atoms with E-state index in [9.17, 15) is 14.0 Å². The summed E-state index contributed by atoms with van der Waals surface area (Å²) in [5.74, 6) is -0.920. The number of hydrogen-bond acceptors (Lipinski definition) is 4. The van der Waals surface area contributed by atoms with Crippen LogP contribution in [0.3, 0.4) is 0 Å². The fourth-order valence-electron chi connectivity index (χ4n) is 2.62. The molecule has 0 unspecified atom stereocenters. The van der Waals surface area contributed by atoms with Gasteiger partial charge in [-0.1, -0.05) is 12.1 Å². The molecule has 3 N–H and O–H groups in total. The van der Waals surface area contributed by atoms with Gasteiger partial charge in [-0.2, -0.15) is 0 Å². The zero-order chi connectivity index (χ0) is 17.9. The van der Waals surface area contributed by atoms with E-state index in [0.29, 0.717) is 25.1 Å². The number of carbonyl (C=O) groups is 2. The minimum Gasteiger partial charge on any atom is -0.444 e. The van der Waals surface area contributed by atoms with Gasteiger partial charge in [0.1, 0.15) is 17.5 Å². The highest BCUT2D eigenvalue weighted by Gasteiger charge is 2.32. The minimum atomic E-state index is -0.728. The zero-order valence-electron chi connectivity index (χ0n) is 14.2. The highest BCUT2D eigenvalue weighted by molar-refractivity contribution is 5.81. The Morgan fingerprint density at radius 3 is 2.50 bits per heavy atom. The summed E-state index contributed by atoms with van der Waals surface area (Å²) < 4.78 is 18.4. The van der Waals surface area contributed by atoms with Gasteiger partial charge in [0, 0.05) is 19.1 Å². The Labute approximate surface area is 141 Å². The van der Waals surface area contributed by atoms with E-state index in [4.69, 9.17) is 10.5 Å². The Hall–Kier alpha value is -2.15. The molecule has 1 fully saturated rings. The van der Waals surface area contributed by atoms with E-state index < -0.39 is 17.6 Å². The van der Waals surface area contributed by atoms with E-state index in [1.807, 2.05) is 20.8 Å². The van der Waals surface area contributed by atoms with Crippen LogP contribution in [0, 0.1) is 5.82 Å². The summed E-state index contributed by atoms with van der Waals surface area (Å²) in [5.41, 5.74) is 5.51. The average molecular weight is 337 g/mol. The maximum Gasteiger partial charge on any atom is 0.410 e. The van der Waals surface area contributed by atoms with Crippen molar-refractivity contribution in [1.82, 2.24) is 10.2 Å². The SMILES string of the molecule is CC(C)(C)OC(=O)N1CC[C@@H](N[C@H](C(N)=O)c2ccc(F)cc2)C1. The Bertz CT molecular complexity index is 598. The molecule has 2 rings (SSSR count). The van der Waals surface area contributed by atoms with Crippen LogP contribution in [0.1, 0.15) is 38.8 Å². The second kappa shape index (κ2) is 7.17. The van der Waals surface area contributed by atoms with Crippen molar-refractivity contribution in [3.05, 3.63) is 35.6 Å². The molecule has 1 aliphatic heterocycles. The van der Waals surface area contributed by atoms with E-state index in [2.05, 4.69) is 5.32 Å². The van der Waals surface area contributed by atoms with Crippen LogP contribution in [0.5, 0.6) is 0 Å². The van der Waals surface area contributed by atoms with E-state index >= 15 is 0 Å². The number of carbonyl (C=O) groups excluding carboxylic acids is 2. The molecular formula is C17H24FN3O3. The fourth-order valence-corrected chi connectivity index (χ4v) is 2.62. The smallest absolute Gasteiger partial charge is 0.410 e. The molecule has 0 spiro atoms. The van der Waals surface area contributed by atoms with Crippen LogP contribution in [0.25, 0.3) is 0 Å². The number of rotatable bonds is 4. The van der Waals surface area contributed by atoms with Crippen molar-refractivity contribution < 1.29 is 18.7 Å². The number of halogens is 1. The van der Waals surface area contributed by atoms with Crippen LogP contribution in [0.2, 0.25) is 0 Å². The molecule has 0 aliphatic carbocycles. The summed E-state index contributed by atoms with van der Waals surface area (Å²) in [6.45, 7) is 6.42. The third-order valence-electron chi connectivity index (χ3n) is 3.73. The molecule has 132 valence electrons. The van der Waals surface area contributed by atoms with Gasteiger partial charge in [-0.3, -0.25) is 10.1 Å². The van der Waals surface area contributed by atoms with Crippen LogP contribution in [0.4, 0.5) is 9.18 Å². The van der Waals surface area contributed by atoms with Gasteiger partial charge in [-0.05, 0) is 44.9 Å². The average Bonchev–Trinajstić information content (AvgIpc) is 2.92. The van der Waals surface area contributed by atoms with Crippen molar-refractivity contribution >= 4 is 12.0 Å². The molecule has 7 heteroatoms. The molecule has 2 atom stereocenters. The highest BCUT2D eigenvalue weighted by Crippen LogP contribution is 2.19. The van der Waals surface area contributed by atoms with Crippen LogP contribution in [-0.2, 0) is 9.53 Å². The summed E-state index contributed by atoms with van der Waals surface area (Å²) in [7, 11) is 0. The molecule has 0 bridgehead atoms. The molecule has 1 saturated heterocycles. The lowest BCUT2D eigenvalue weighted by atomic mass is 10.0. The van der Waals surface area contributed by atoms with Crippen LogP contribution in [0.15, 0.2) is 24.3 Å². The highest BCUT2D eigenvalue weighted by atomic mass is 19.1. The third kappa shape index (κ3) is 4.92. The molecule has 0 aromatic heterocycles. The lowest BCUT2D eigenvalue weighted by Gasteiger charge is -2.25. The summed E-state index contributed by atoms with van der Waals surface area (Å²) in [4.78, 5) is 25.4. The third-order valence-corrected chi connectivity index (χ3v) is 3.73. The Morgan fingerprint density at radius 1 is 1.33 bits per heavy atom.